The molecule has 2 unspecified atom stereocenters. The number of benzene rings is 1. The van der Waals surface area contributed by atoms with Gasteiger partial charge in [-0.05, 0) is 55.9 Å². The lowest BCUT2D eigenvalue weighted by atomic mass is 9.83. The summed E-state index contributed by atoms with van der Waals surface area (Å²) in [6, 6.07) is 2.26. The number of allylic oxidation sites excluding steroid dienone is 1. The molecule has 1 saturated heterocycles. The minimum Gasteiger partial charge on any atom is -0.377 e. The molecule has 5 heterocycles. The molecule has 0 radical (unpaired) electrons. The summed E-state index contributed by atoms with van der Waals surface area (Å²) in [6.45, 7) is 1.43. The van der Waals surface area contributed by atoms with Crippen LogP contribution in [0.5, 0.6) is 0 Å². The van der Waals surface area contributed by atoms with Gasteiger partial charge in [-0.2, -0.15) is 22.7 Å². The van der Waals surface area contributed by atoms with Crippen molar-refractivity contribution in [3.8, 4) is 0 Å². The second-order valence-corrected chi connectivity index (χ2v) is 11.9. The van der Waals surface area contributed by atoms with Crippen molar-refractivity contribution in [2.75, 3.05) is 36.5 Å². The molecule has 3 aromatic rings. The van der Waals surface area contributed by atoms with Crippen LogP contribution in [-0.2, 0) is 15.7 Å². The number of fused-ring (bicyclic) bond motifs is 4. The lowest BCUT2D eigenvalue weighted by Gasteiger charge is -2.50. The maximum Gasteiger partial charge on any atom is 0.416 e. The number of aromatic nitrogens is 4. The van der Waals surface area contributed by atoms with Gasteiger partial charge < -0.3 is 20.3 Å². The number of nitrogens with one attached hydrogen (secondary N) is 2. The molecule has 2 aromatic heterocycles. The van der Waals surface area contributed by atoms with E-state index in [1.165, 1.54) is 4.52 Å². The van der Waals surface area contributed by atoms with Crippen LogP contribution in [0.1, 0.15) is 70.8 Å². The van der Waals surface area contributed by atoms with Crippen LogP contribution in [0.25, 0.3) is 11.4 Å². The molecule has 1 amide bonds. The molecule has 0 bridgehead atoms. The highest BCUT2D eigenvalue weighted by Gasteiger charge is 2.45. The maximum absolute atomic E-state index is 14.3. The predicted octanol–water partition coefficient (Wildman–Crippen LogP) is 4.38. The quantitative estimate of drug-likeness (QED) is 0.446. The van der Waals surface area contributed by atoms with Crippen LogP contribution in [0.15, 0.2) is 29.1 Å². The zero-order chi connectivity index (χ0) is 31.8. The molecule has 14 heteroatoms. The first-order valence-corrected chi connectivity index (χ1v) is 14.8. The van der Waals surface area contributed by atoms with E-state index in [2.05, 4.69) is 20.6 Å². The zero-order valence-corrected chi connectivity index (χ0v) is 24.0. The summed E-state index contributed by atoms with van der Waals surface area (Å²) in [5, 5.41) is 10.5. The topological polar surface area (TPSA) is 106 Å². The molecule has 2 fully saturated rings. The molecule has 1 saturated carbocycles. The molecule has 43 heavy (non-hydrogen) atoms. The van der Waals surface area contributed by atoms with Crippen LogP contribution >= 0.6 is 11.6 Å². The molecule has 1 aromatic carbocycles. The van der Waals surface area contributed by atoms with Gasteiger partial charge in [0.05, 0.1) is 31.3 Å². The lowest BCUT2D eigenvalue weighted by molar-refractivity contribution is -0.137. The van der Waals surface area contributed by atoms with Crippen molar-refractivity contribution in [1.29, 1.82) is 0 Å². The van der Waals surface area contributed by atoms with Crippen LogP contribution in [0.3, 0.4) is 0 Å². The Morgan fingerprint density at radius 2 is 2.14 bits per heavy atom. The maximum atomic E-state index is 14.3. The number of amides is 1. The Labute approximate surface area is 252 Å². The van der Waals surface area contributed by atoms with E-state index >= 15 is 0 Å². The molecular weight excluding hydrogens is 587 g/mol. The number of piperazine rings is 1. The largest absolute Gasteiger partial charge is 0.416 e. The van der Waals surface area contributed by atoms with Crippen molar-refractivity contribution in [2.45, 2.75) is 69.2 Å². The Hall–Kier alpha value is -3.42. The first-order chi connectivity index (χ1) is 21.3. The average Bonchev–Trinajstić information content (AvgIpc) is 3.48. The van der Waals surface area contributed by atoms with Crippen LogP contribution in [0.2, 0.25) is 5.02 Å². The van der Waals surface area contributed by atoms with Crippen LogP contribution < -0.4 is 21.1 Å². The molecular formula is C29H31ClF3N7O3. The number of nitrogens with zero attached hydrogens (tertiary/aromatic N) is 5. The summed E-state index contributed by atoms with van der Waals surface area (Å²) in [5.74, 6) is -0.346. The van der Waals surface area contributed by atoms with Crippen LogP contribution in [-0.4, -0.2) is 63.4 Å². The van der Waals surface area contributed by atoms with E-state index in [4.69, 9.17) is 24.1 Å². The highest BCUT2D eigenvalue weighted by molar-refractivity contribution is 6.33. The van der Waals surface area contributed by atoms with E-state index < -0.39 is 30.2 Å². The van der Waals surface area contributed by atoms with Crippen LogP contribution in [0, 0.1) is 0 Å². The molecule has 3 aliphatic heterocycles. The fourth-order valence-corrected chi connectivity index (χ4v) is 6.90. The summed E-state index contributed by atoms with van der Waals surface area (Å²) in [6.07, 6.45) is -0.299. The third kappa shape index (κ3) is 4.81. The Morgan fingerprint density at radius 3 is 2.88 bits per heavy atom. The molecule has 10 nitrogen and oxygen atoms in total. The van der Waals surface area contributed by atoms with Crippen molar-refractivity contribution in [3.05, 3.63) is 56.7 Å². The predicted molar refractivity (Wildman–Crippen MR) is 155 cm³/mol. The third-order valence-electron chi connectivity index (χ3n) is 8.90. The summed E-state index contributed by atoms with van der Waals surface area (Å²) in [5.41, 5.74) is 0.517. The van der Waals surface area contributed by atoms with Gasteiger partial charge in [0.15, 0.2) is 5.82 Å². The number of anilines is 2. The normalized spacial score (nSPS) is 27.4. The number of rotatable bonds is 4. The van der Waals surface area contributed by atoms with E-state index in [0.29, 0.717) is 36.5 Å². The highest BCUT2D eigenvalue weighted by Crippen LogP contribution is 2.44. The Bertz CT molecular complexity index is 1790. The molecule has 1 aliphatic carbocycles. The lowest BCUT2D eigenvalue weighted by Crippen LogP contribution is -2.64. The zero-order valence-electron chi connectivity index (χ0n) is 25.2. The third-order valence-corrected chi connectivity index (χ3v) is 9.21. The van der Waals surface area contributed by atoms with Crippen molar-refractivity contribution in [3.63, 3.8) is 0 Å². The van der Waals surface area contributed by atoms with Gasteiger partial charge in [-0.25, -0.2) is 0 Å². The first kappa shape index (κ1) is 26.0. The molecule has 2 N–H and O–H groups in total. The van der Waals surface area contributed by atoms with E-state index in [1.54, 1.807) is 10.6 Å². The Balaban J connectivity index is 1.34. The molecule has 4 aliphatic rings. The van der Waals surface area contributed by atoms with E-state index in [0.717, 1.165) is 31.0 Å². The Morgan fingerprint density at radius 1 is 1.30 bits per heavy atom. The summed E-state index contributed by atoms with van der Waals surface area (Å²) in [7, 11) is 0. The number of halogens is 4. The summed E-state index contributed by atoms with van der Waals surface area (Å²) in [4.78, 5) is 35.0. The summed E-state index contributed by atoms with van der Waals surface area (Å²) < 4.78 is 63.8. The Kier molecular flexibility index (Phi) is 6.44. The van der Waals surface area contributed by atoms with Crippen molar-refractivity contribution in [1.82, 2.24) is 24.5 Å². The van der Waals surface area contributed by atoms with E-state index in [9.17, 15) is 22.8 Å². The average molecular weight is 620 g/mol. The molecule has 0 spiro atoms. The van der Waals surface area contributed by atoms with Gasteiger partial charge >= 0.3 is 6.18 Å². The fraction of sp³-hybridized carbons (Fsp3) is 0.517. The highest BCUT2D eigenvalue weighted by atomic mass is 35.5. The summed E-state index contributed by atoms with van der Waals surface area (Å²) >= 11 is 6.17. The van der Waals surface area contributed by atoms with Gasteiger partial charge in [-0.3, -0.25) is 14.2 Å². The van der Waals surface area contributed by atoms with E-state index in [-0.39, 0.29) is 65.3 Å². The number of carbonyl (C=O) groups is 1. The molecule has 4 atom stereocenters. The van der Waals surface area contributed by atoms with Gasteiger partial charge in [-0.15, -0.1) is 5.10 Å². The minimum absolute atomic E-state index is 0.0123. The standard InChI is InChI=1S/C29H31ClF3N7O3/c1-15-13-22(26(41)35-19-5-4-17(14-18(19)30)29(31,32)33)39-23(15)24(38-10-9-34-20-6-7-21(20)38)27(42)40-28(39)36-25(37-40)16-3-2-11-43-12-8-16/h4-5,8,14-15,20-22,34H,2-3,6-7,9-13H2,1H3,(H,35,41)/t15?,20-,21-,22?/m0/s1/i11D2. The minimum atomic E-state index is -4.59. The molecule has 7 rings (SSSR count). The van der Waals surface area contributed by atoms with Crippen molar-refractivity contribution >= 4 is 40.2 Å². The second-order valence-electron chi connectivity index (χ2n) is 11.5. The monoisotopic (exact) mass is 619 g/mol. The van der Waals surface area contributed by atoms with E-state index in [1.807, 2.05) is 6.92 Å². The first-order valence-electron chi connectivity index (χ1n) is 15.4. The number of alkyl halides is 3. The van der Waals surface area contributed by atoms with Crippen molar-refractivity contribution in [2.24, 2.45) is 0 Å². The van der Waals surface area contributed by atoms with Gasteiger partial charge in [-0.1, -0.05) is 24.6 Å². The van der Waals surface area contributed by atoms with Gasteiger partial charge in [0.2, 0.25) is 11.7 Å². The smallest absolute Gasteiger partial charge is 0.377 e. The SMILES string of the molecule is [2H]C1([2H])CCC(c2nc3n4c(c(N5CCN[C@H]6CC[C@@H]65)c(=O)n3n2)C(C)CC4C(=O)Nc2ccc(C(F)(F)F)cc2Cl)=CCO1. The van der Waals surface area contributed by atoms with Gasteiger partial charge in [0.25, 0.3) is 5.56 Å². The fourth-order valence-electron chi connectivity index (χ4n) is 6.67. The number of hydrogen-bond donors (Lipinski definition) is 2. The van der Waals surface area contributed by atoms with Gasteiger partial charge in [0, 0.05) is 37.7 Å². The second kappa shape index (κ2) is 10.6. The number of hydrogen-bond acceptors (Lipinski definition) is 7. The van der Waals surface area contributed by atoms with Gasteiger partial charge in [0.1, 0.15) is 11.7 Å². The number of carbonyl (C=O) groups excluding carboxylic acids is 1. The number of ether oxygens (including phenoxy) is 1. The van der Waals surface area contributed by atoms with Crippen molar-refractivity contribution < 1.29 is 25.4 Å². The molecule has 228 valence electrons. The van der Waals surface area contributed by atoms with Crippen LogP contribution in [0.4, 0.5) is 24.5 Å².